The number of nitrogens with zero attached hydrogens (tertiary/aromatic N) is 5. The summed E-state index contributed by atoms with van der Waals surface area (Å²) in [5.74, 6) is -0.780. The van der Waals surface area contributed by atoms with Crippen LogP contribution in [0.15, 0.2) is 40.2 Å². The minimum Gasteiger partial charge on any atom is -0.288 e. The summed E-state index contributed by atoms with van der Waals surface area (Å²) in [7, 11) is 0. The molecule has 0 fully saturated rings. The van der Waals surface area contributed by atoms with Gasteiger partial charge in [-0.3, -0.25) is 14.6 Å². The molecule has 0 saturated carbocycles. The SMILES string of the molecule is Cc1cc(C(=O)N/N=C\c2cccc(C(F)(F)F)c2)n(-c2nnc(C)c(=O)[nH]2)n1. The molecule has 0 atom stereocenters. The van der Waals surface area contributed by atoms with Crippen molar-refractivity contribution in [1.29, 1.82) is 0 Å². The Morgan fingerprint density at radius 2 is 2.00 bits per heavy atom. The van der Waals surface area contributed by atoms with E-state index in [1.807, 2.05) is 0 Å². The molecule has 0 saturated heterocycles. The summed E-state index contributed by atoms with van der Waals surface area (Å²) in [5.41, 5.74) is 1.64. The fourth-order valence-electron chi connectivity index (χ4n) is 2.32. The van der Waals surface area contributed by atoms with Crippen LogP contribution in [0.3, 0.4) is 0 Å². The van der Waals surface area contributed by atoms with E-state index in [0.717, 1.165) is 23.0 Å². The number of carbonyl (C=O) groups is 1. The molecule has 0 bridgehead atoms. The highest BCUT2D eigenvalue weighted by atomic mass is 19.4. The molecule has 1 amide bonds. The minimum atomic E-state index is -4.48. The summed E-state index contributed by atoms with van der Waals surface area (Å²) in [6, 6.07) is 5.90. The van der Waals surface area contributed by atoms with Crippen LogP contribution in [0.5, 0.6) is 0 Å². The third-order valence-electron chi connectivity index (χ3n) is 3.71. The third-order valence-corrected chi connectivity index (χ3v) is 3.71. The quantitative estimate of drug-likeness (QED) is 0.507. The van der Waals surface area contributed by atoms with Gasteiger partial charge in [0.1, 0.15) is 11.4 Å². The van der Waals surface area contributed by atoms with Crippen molar-refractivity contribution >= 4 is 12.1 Å². The zero-order chi connectivity index (χ0) is 21.2. The van der Waals surface area contributed by atoms with Gasteiger partial charge < -0.3 is 0 Å². The van der Waals surface area contributed by atoms with Gasteiger partial charge in [0.2, 0.25) is 0 Å². The van der Waals surface area contributed by atoms with E-state index >= 15 is 0 Å². The van der Waals surface area contributed by atoms with Crippen LogP contribution in [0.1, 0.15) is 33.0 Å². The van der Waals surface area contributed by atoms with Gasteiger partial charge in [0.15, 0.2) is 0 Å². The second-order valence-electron chi connectivity index (χ2n) is 5.97. The fourth-order valence-corrected chi connectivity index (χ4v) is 2.32. The van der Waals surface area contributed by atoms with Gasteiger partial charge in [-0.25, -0.2) is 5.43 Å². The van der Waals surface area contributed by atoms with E-state index in [2.05, 4.69) is 30.8 Å². The third kappa shape index (κ3) is 4.54. The molecule has 2 heterocycles. The number of carbonyl (C=O) groups excluding carboxylic acids is 1. The molecule has 0 aliphatic rings. The van der Waals surface area contributed by atoms with Crippen LogP contribution in [0.25, 0.3) is 5.95 Å². The maximum Gasteiger partial charge on any atom is 0.416 e. The Kier molecular flexibility index (Phi) is 5.26. The van der Waals surface area contributed by atoms with Crippen molar-refractivity contribution < 1.29 is 18.0 Å². The number of aromatic amines is 1. The first-order chi connectivity index (χ1) is 13.6. The molecule has 0 spiro atoms. The van der Waals surface area contributed by atoms with Crippen molar-refractivity contribution in [1.82, 2.24) is 30.4 Å². The maximum atomic E-state index is 12.7. The highest BCUT2D eigenvalue weighted by molar-refractivity contribution is 5.93. The van der Waals surface area contributed by atoms with Gasteiger partial charge in [-0.1, -0.05) is 12.1 Å². The fraction of sp³-hybridized carbons (Fsp3) is 0.176. The predicted octanol–water partition coefficient (Wildman–Crippen LogP) is 1.75. The lowest BCUT2D eigenvalue weighted by Crippen LogP contribution is -2.24. The van der Waals surface area contributed by atoms with Gasteiger partial charge in [0, 0.05) is 0 Å². The van der Waals surface area contributed by atoms with Crippen molar-refractivity contribution in [2.75, 3.05) is 0 Å². The van der Waals surface area contributed by atoms with E-state index in [0.29, 0.717) is 5.69 Å². The average molecular weight is 405 g/mol. The first kappa shape index (κ1) is 19.9. The molecule has 9 nitrogen and oxygen atoms in total. The number of halogens is 3. The van der Waals surface area contributed by atoms with Crippen LogP contribution in [0.2, 0.25) is 0 Å². The number of H-pyrrole nitrogens is 1. The maximum absolute atomic E-state index is 12.7. The average Bonchev–Trinajstić information content (AvgIpc) is 3.05. The molecule has 0 unspecified atom stereocenters. The smallest absolute Gasteiger partial charge is 0.288 e. The van der Waals surface area contributed by atoms with Gasteiger partial charge in [-0.15, -0.1) is 10.2 Å². The molecule has 2 aromatic heterocycles. The van der Waals surface area contributed by atoms with Gasteiger partial charge in [0.05, 0.1) is 17.5 Å². The summed E-state index contributed by atoms with van der Waals surface area (Å²) < 4.78 is 39.3. The Balaban J connectivity index is 1.81. The number of hydrogen-bond acceptors (Lipinski definition) is 6. The monoisotopic (exact) mass is 405 g/mol. The zero-order valence-corrected chi connectivity index (χ0v) is 15.2. The van der Waals surface area contributed by atoms with Crippen LogP contribution in [-0.4, -0.2) is 37.1 Å². The Bertz CT molecular complexity index is 1150. The van der Waals surface area contributed by atoms with Crippen LogP contribution in [0.4, 0.5) is 13.2 Å². The van der Waals surface area contributed by atoms with Crippen molar-refractivity contribution in [2.24, 2.45) is 5.10 Å². The van der Waals surface area contributed by atoms with Crippen LogP contribution < -0.4 is 11.0 Å². The molecule has 2 N–H and O–H groups in total. The van der Waals surface area contributed by atoms with E-state index in [1.165, 1.54) is 25.1 Å². The second-order valence-corrected chi connectivity index (χ2v) is 5.97. The first-order valence-electron chi connectivity index (χ1n) is 8.16. The lowest BCUT2D eigenvalue weighted by molar-refractivity contribution is -0.137. The van der Waals surface area contributed by atoms with E-state index in [4.69, 9.17) is 0 Å². The second kappa shape index (κ2) is 7.66. The molecule has 1 aromatic carbocycles. The molecular weight excluding hydrogens is 391 g/mol. The standard InChI is InChI=1S/C17H14F3N7O2/c1-9-6-13(27(26-9)16-22-14(28)10(2)23-25-16)15(29)24-21-8-11-4-3-5-12(7-11)17(18,19)20/h3-8H,1-2H3,(H,24,29)(H,22,25,28)/b21-8-. The van der Waals surface area contributed by atoms with Gasteiger partial charge in [0.25, 0.3) is 17.4 Å². The molecule has 150 valence electrons. The van der Waals surface area contributed by atoms with Crippen LogP contribution in [0, 0.1) is 13.8 Å². The Morgan fingerprint density at radius 1 is 1.24 bits per heavy atom. The Morgan fingerprint density at radius 3 is 2.69 bits per heavy atom. The number of hydrogen-bond donors (Lipinski definition) is 2. The van der Waals surface area contributed by atoms with Crippen LogP contribution in [-0.2, 0) is 6.18 Å². The molecule has 12 heteroatoms. The number of aromatic nitrogens is 5. The highest BCUT2D eigenvalue weighted by Gasteiger charge is 2.30. The first-order valence-corrected chi connectivity index (χ1v) is 8.16. The normalized spacial score (nSPS) is 11.8. The lowest BCUT2D eigenvalue weighted by atomic mass is 10.1. The Labute approximate surface area is 161 Å². The Hall–Kier alpha value is -3.83. The van der Waals surface area contributed by atoms with Gasteiger partial charge in [-0.05, 0) is 37.6 Å². The highest BCUT2D eigenvalue weighted by Crippen LogP contribution is 2.29. The number of benzene rings is 1. The number of aryl methyl sites for hydroxylation is 2. The molecular formula is C17H14F3N7O2. The number of hydrazone groups is 1. The van der Waals surface area contributed by atoms with Gasteiger partial charge in [-0.2, -0.15) is 28.1 Å². The molecule has 29 heavy (non-hydrogen) atoms. The van der Waals surface area contributed by atoms with E-state index in [1.54, 1.807) is 6.92 Å². The summed E-state index contributed by atoms with van der Waals surface area (Å²) in [5, 5.41) is 15.2. The molecule has 0 aliphatic heterocycles. The number of rotatable bonds is 4. The van der Waals surface area contributed by atoms with Crippen LogP contribution >= 0.6 is 0 Å². The van der Waals surface area contributed by atoms with Gasteiger partial charge >= 0.3 is 6.18 Å². The van der Waals surface area contributed by atoms with E-state index < -0.39 is 23.2 Å². The zero-order valence-electron chi connectivity index (χ0n) is 15.2. The number of nitrogens with one attached hydrogen (secondary N) is 2. The predicted molar refractivity (Wildman–Crippen MR) is 95.8 cm³/mol. The van der Waals surface area contributed by atoms with E-state index in [9.17, 15) is 22.8 Å². The lowest BCUT2D eigenvalue weighted by Gasteiger charge is -2.06. The number of amides is 1. The van der Waals surface area contributed by atoms with Crippen molar-refractivity contribution in [3.8, 4) is 5.95 Å². The van der Waals surface area contributed by atoms with Crippen molar-refractivity contribution in [2.45, 2.75) is 20.0 Å². The summed E-state index contributed by atoms with van der Waals surface area (Å²) in [6.07, 6.45) is -3.41. The topological polar surface area (TPSA) is 118 Å². The molecule has 3 rings (SSSR count). The van der Waals surface area contributed by atoms with Crippen molar-refractivity contribution in [3.05, 3.63) is 68.9 Å². The van der Waals surface area contributed by atoms with Crippen molar-refractivity contribution in [3.63, 3.8) is 0 Å². The number of alkyl halides is 3. The molecule has 0 aliphatic carbocycles. The summed E-state index contributed by atoms with van der Waals surface area (Å²) in [4.78, 5) is 26.6. The summed E-state index contributed by atoms with van der Waals surface area (Å²) in [6.45, 7) is 3.10. The minimum absolute atomic E-state index is 0.00232. The molecule has 0 radical (unpaired) electrons. The van der Waals surface area contributed by atoms with E-state index in [-0.39, 0.29) is 22.9 Å². The largest absolute Gasteiger partial charge is 0.416 e. The molecule has 3 aromatic rings. The summed E-state index contributed by atoms with van der Waals surface area (Å²) >= 11 is 0.